The average Bonchev–Trinajstić information content (AvgIpc) is 2.96. The topological polar surface area (TPSA) is 164 Å². The molecule has 232 valence electrons. The molecule has 1 heterocycles. The van der Waals surface area contributed by atoms with Crippen molar-refractivity contribution in [3.8, 4) is 39.5 Å². The number of hydrogen-bond acceptors (Lipinski definition) is 12. The first-order valence-electron chi connectivity index (χ1n) is 13.6. The molecule has 5 atom stereocenters. The molecule has 44 heavy (non-hydrogen) atoms. The van der Waals surface area contributed by atoms with E-state index in [9.17, 15) is 29.4 Å². The predicted molar refractivity (Wildman–Crippen MR) is 153 cm³/mol. The third-order valence-electron chi connectivity index (χ3n) is 6.56. The lowest BCUT2D eigenvalue weighted by Gasteiger charge is -2.44. The molecule has 1 fully saturated rings. The second kappa shape index (κ2) is 13.9. The summed E-state index contributed by atoms with van der Waals surface area (Å²) >= 11 is 0. The molecule has 4 rings (SSSR count). The van der Waals surface area contributed by atoms with E-state index in [1.54, 1.807) is 60.7 Å². The Kier molecular flexibility index (Phi) is 10.1. The fourth-order valence-corrected chi connectivity index (χ4v) is 4.88. The van der Waals surface area contributed by atoms with E-state index in [2.05, 4.69) is 0 Å². The summed E-state index contributed by atoms with van der Waals surface area (Å²) in [6.45, 7) is 4.03. The summed E-state index contributed by atoms with van der Waals surface area (Å²) in [5, 5.41) is 22.7. The van der Waals surface area contributed by atoms with Crippen LogP contribution in [-0.2, 0) is 42.9 Å². The molecular weight excluding hydrogens is 576 g/mol. The predicted octanol–water partition coefficient (Wildman–Crippen LogP) is 3.89. The lowest BCUT2D eigenvalue weighted by Crippen LogP contribution is -2.63. The normalized spacial score (nSPS) is 21.0. The first kappa shape index (κ1) is 31.8. The molecule has 1 aliphatic rings. The summed E-state index contributed by atoms with van der Waals surface area (Å²) in [6.07, 6.45) is -7.28. The lowest BCUT2D eigenvalue weighted by molar-refractivity contribution is -0.288. The quantitative estimate of drug-likeness (QED) is 0.266. The molecule has 0 bridgehead atoms. The van der Waals surface area contributed by atoms with E-state index in [4.69, 9.17) is 28.4 Å². The van der Waals surface area contributed by atoms with E-state index >= 15 is 0 Å². The van der Waals surface area contributed by atoms with Crippen molar-refractivity contribution in [2.75, 3.05) is 6.61 Å². The fourth-order valence-electron chi connectivity index (χ4n) is 4.88. The van der Waals surface area contributed by atoms with Gasteiger partial charge in [-0.2, -0.15) is 0 Å². The van der Waals surface area contributed by atoms with Crippen LogP contribution < -0.4 is 4.74 Å². The van der Waals surface area contributed by atoms with Crippen molar-refractivity contribution in [2.24, 2.45) is 0 Å². The zero-order valence-electron chi connectivity index (χ0n) is 24.4. The first-order valence-corrected chi connectivity index (χ1v) is 13.6. The highest BCUT2D eigenvalue weighted by molar-refractivity contribution is 5.87. The van der Waals surface area contributed by atoms with E-state index in [0.717, 1.165) is 27.7 Å². The van der Waals surface area contributed by atoms with E-state index in [-0.39, 0.29) is 22.6 Å². The van der Waals surface area contributed by atoms with Crippen LogP contribution in [0.3, 0.4) is 0 Å². The molecular formula is C32H32O12. The van der Waals surface area contributed by atoms with Gasteiger partial charge in [0.25, 0.3) is 0 Å². The van der Waals surface area contributed by atoms with Gasteiger partial charge in [-0.05, 0) is 17.2 Å². The maximum Gasteiger partial charge on any atom is 0.303 e. The minimum absolute atomic E-state index is 0.0471. The maximum absolute atomic E-state index is 12.3. The van der Waals surface area contributed by atoms with Crippen LogP contribution in [0.15, 0.2) is 66.7 Å². The highest BCUT2D eigenvalue weighted by Gasteiger charge is 2.53. The first-order chi connectivity index (χ1) is 21.0. The Balaban J connectivity index is 1.89. The van der Waals surface area contributed by atoms with E-state index in [0.29, 0.717) is 11.1 Å². The van der Waals surface area contributed by atoms with Crippen molar-refractivity contribution in [3.05, 3.63) is 66.7 Å². The number of esters is 4. The number of aromatic hydroxyl groups is 2. The molecule has 0 radical (unpaired) electrons. The van der Waals surface area contributed by atoms with Gasteiger partial charge in [0, 0.05) is 33.3 Å². The summed E-state index contributed by atoms with van der Waals surface area (Å²) in [5.74, 6) is -3.96. The Morgan fingerprint density at radius 2 is 1.23 bits per heavy atom. The molecule has 0 unspecified atom stereocenters. The summed E-state index contributed by atoms with van der Waals surface area (Å²) < 4.78 is 33.9. The van der Waals surface area contributed by atoms with E-state index in [1.165, 1.54) is 6.07 Å². The zero-order chi connectivity index (χ0) is 32.0. The van der Waals surface area contributed by atoms with Crippen LogP contribution >= 0.6 is 0 Å². The van der Waals surface area contributed by atoms with Crippen molar-refractivity contribution < 1.29 is 57.8 Å². The third-order valence-corrected chi connectivity index (χ3v) is 6.56. The van der Waals surface area contributed by atoms with Gasteiger partial charge in [0.1, 0.15) is 18.5 Å². The number of ether oxygens (including phenoxy) is 6. The number of phenolic OH excluding ortho intramolecular Hbond substituents is 2. The van der Waals surface area contributed by atoms with Crippen LogP contribution in [0.1, 0.15) is 27.7 Å². The molecule has 2 N–H and O–H groups in total. The van der Waals surface area contributed by atoms with Gasteiger partial charge >= 0.3 is 23.9 Å². The van der Waals surface area contributed by atoms with Gasteiger partial charge in [0.15, 0.2) is 23.7 Å². The monoisotopic (exact) mass is 608 g/mol. The van der Waals surface area contributed by atoms with Crippen molar-refractivity contribution >= 4 is 23.9 Å². The molecule has 0 aromatic heterocycles. The molecule has 3 aromatic carbocycles. The van der Waals surface area contributed by atoms with Crippen molar-refractivity contribution in [2.45, 2.75) is 58.4 Å². The van der Waals surface area contributed by atoms with Crippen LogP contribution in [0.5, 0.6) is 17.2 Å². The SMILES string of the molecule is CC(=O)OC[C@H]1O[C@@H](Oc2c(-c3ccccc3)cc(O)c(-c3ccccc3)c2O)[C@H](OC(C)=O)[C@@H](OC(C)=O)[C@@H]1OC(C)=O. The number of carbonyl (C=O) groups is 4. The largest absolute Gasteiger partial charge is 0.507 e. The van der Waals surface area contributed by atoms with Crippen molar-refractivity contribution in [1.82, 2.24) is 0 Å². The zero-order valence-corrected chi connectivity index (χ0v) is 24.4. The minimum Gasteiger partial charge on any atom is -0.507 e. The van der Waals surface area contributed by atoms with Gasteiger partial charge in [0.05, 0.1) is 5.56 Å². The average molecular weight is 609 g/mol. The summed E-state index contributed by atoms with van der Waals surface area (Å²) in [4.78, 5) is 48.2. The molecule has 12 nitrogen and oxygen atoms in total. The van der Waals surface area contributed by atoms with Crippen LogP contribution in [-0.4, -0.2) is 71.4 Å². The molecule has 1 saturated heterocycles. The number of benzene rings is 3. The van der Waals surface area contributed by atoms with Crippen LogP contribution in [0, 0.1) is 0 Å². The molecule has 12 heteroatoms. The molecule has 0 aliphatic carbocycles. The Labute approximate surface area is 253 Å². The highest BCUT2D eigenvalue weighted by atomic mass is 16.7. The molecule has 0 amide bonds. The summed E-state index contributed by atoms with van der Waals surface area (Å²) in [6, 6.07) is 18.7. The number of carbonyl (C=O) groups excluding carboxylic acids is 4. The Morgan fingerprint density at radius 3 is 1.77 bits per heavy atom. The third kappa shape index (κ3) is 7.45. The molecule has 0 saturated carbocycles. The Bertz CT molecular complexity index is 1500. The van der Waals surface area contributed by atoms with Crippen LogP contribution in [0.4, 0.5) is 0 Å². The lowest BCUT2D eigenvalue weighted by atomic mass is 9.96. The minimum atomic E-state index is -1.61. The van der Waals surface area contributed by atoms with Gasteiger partial charge in [0.2, 0.25) is 12.4 Å². The second-order valence-corrected chi connectivity index (χ2v) is 9.91. The second-order valence-electron chi connectivity index (χ2n) is 9.91. The van der Waals surface area contributed by atoms with Crippen molar-refractivity contribution in [3.63, 3.8) is 0 Å². The Hall–Kier alpha value is -5.10. The van der Waals surface area contributed by atoms with E-state index in [1.807, 2.05) is 0 Å². The van der Waals surface area contributed by atoms with Gasteiger partial charge in [-0.3, -0.25) is 19.2 Å². The molecule has 3 aromatic rings. The smallest absolute Gasteiger partial charge is 0.303 e. The van der Waals surface area contributed by atoms with E-state index < -0.39 is 66.9 Å². The summed E-state index contributed by atoms with van der Waals surface area (Å²) in [5.41, 5.74) is 1.30. The summed E-state index contributed by atoms with van der Waals surface area (Å²) in [7, 11) is 0. The molecule has 0 spiro atoms. The highest BCUT2D eigenvalue weighted by Crippen LogP contribution is 2.50. The maximum atomic E-state index is 12.3. The van der Waals surface area contributed by atoms with Gasteiger partial charge in [-0.25, -0.2) is 0 Å². The molecule has 1 aliphatic heterocycles. The van der Waals surface area contributed by atoms with Gasteiger partial charge in [-0.1, -0.05) is 60.7 Å². The fraction of sp³-hybridized carbons (Fsp3) is 0.312. The van der Waals surface area contributed by atoms with Gasteiger partial charge < -0.3 is 38.6 Å². The Morgan fingerprint density at radius 1 is 0.705 bits per heavy atom. The number of hydrogen-bond donors (Lipinski definition) is 2. The van der Waals surface area contributed by atoms with Crippen molar-refractivity contribution in [1.29, 1.82) is 0 Å². The van der Waals surface area contributed by atoms with Gasteiger partial charge in [-0.15, -0.1) is 0 Å². The number of phenols is 2. The van der Waals surface area contributed by atoms with Crippen LogP contribution in [0.2, 0.25) is 0 Å². The van der Waals surface area contributed by atoms with Crippen LogP contribution in [0.25, 0.3) is 22.3 Å². The number of rotatable bonds is 9. The standard InChI is InChI=1S/C32H32O12/c1-17(33)39-16-25-29(40-18(2)34)30(41-19(3)35)31(42-20(4)36)32(43-25)44-28-23(21-11-7-5-8-12-21)15-24(37)26(27(28)38)22-13-9-6-10-14-22/h5-15,25,29-32,37-38H,16H2,1-4H3/t25-,29-,30+,31-,32+/m1/s1.